The van der Waals surface area contributed by atoms with Gasteiger partial charge in [0.1, 0.15) is 5.76 Å². The monoisotopic (exact) mass is 185 g/mol. The first-order valence-electron chi connectivity index (χ1n) is 3.90. The van der Waals surface area contributed by atoms with Crippen LogP contribution in [-0.4, -0.2) is 18.6 Å². The third-order valence-electron chi connectivity index (χ3n) is 1.66. The van der Waals surface area contributed by atoms with Crippen molar-refractivity contribution < 1.29 is 14.1 Å². The number of rotatable bonds is 5. The maximum Gasteiger partial charge on any atom is 0.210 e. The van der Waals surface area contributed by atoms with E-state index in [0.717, 1.165) is 5.56 Å². The Hall–Kier alpha value is -1.36. The van der Waals surface area contributed by atoms with E-state index in [4.69, 9.17) is 9.15 Å². The Labute approximate surface area is 75.5 Å². The minimum atomic E-state index is -0.362. The molecule has 0 radical (unpaired) electrons. The molecule has 0 bridgehead atoms. The van der Waals surface area contributed by atoms with Gasteiger partial charge in [0.15, 0.2) is 0 Å². The molecule has 5 heteroatoms. The van der Waals surface area contributed by atoms with Crippen molar-refractivity contribution in [2.75, 3.05) is 13.7 Å². The molecular weight excluding hydrogens is 174 g/mol. The fraction of sp³-hybridized carbons (Fsp3) is 0.500. The molecule has 1 aromatic heterocycles. The summed E-state index contributed by atoms with van der Waals surface area (Å²) in [6, 6.07) is 1.76. The molecular formula is C8H11NO4. The molecule has 0 aliphatic heterocycles. The molecule has 0 N–H and O–H groups in total. The van der Waals surface area contributed by atoms with Gasteiger partial charge in [0.25, 0.3) is 0 Å². The fourth-order valence-corrected chi connectivity index (χ4v) is 1.06. The smallest absolute Gasteiger partial charge is 0.210 e. The summed E-state index contributed by atoms with van der Waals surface area (Å²) in [5.41, 5.74) is 0.879. The average Bonchev–Trinajstić information content (AvgIpc) is 2.49. The van der Waals surface area contributed by atoms with Crippen LogP contribution in [0.25, 0.3) is 0 Å². The summed E-state index contributed by atoms with van der Waals surface area (Å²) < 4.78 is 9.99. The number of hydrogen-bond acceptors (Lipinski definition) is 4. The molecule has 0 amide bonds. The summed E-state index contributed by atoms with van der Waals surface area (Å²) in [5, 5.41) is 10.1. The zero-order valence-electron chi connectivity index (χ0n) is 7.36. The minimum absolute atomic E-state index is 0.107. The minimum Gasteiger partial charge on any atom is -0.469 e. The van der Waals surface area contributed by atoms with E-state index in [-0.39, 0.29) is 11.5 Å². The fourth-order valence-electron chi connectivity index (χ4n) is 1.06. The zero-order valence-corrected chi connectivity index (χ0v) is 7.36. The molecule has 1 rings (SSSR count). The van der Waals surface area contributed by atoms with Gasteiger partial charge in [-0.3, -0.25) is 10.1 Å². The number of nitrogens with zero attached hydrogens (tertiary/aromatic N) is 1. The molecule has 5 nitrogen and oxygen atoms in total. The summed E-state index contributed by atoms with van der Waals surface area (Å²) in [5.74, 6) is 0.638. The SMILES string of the molecule is COCc1ccoc1CC[N+](=O)[O-]. The third kappa shape index (κ3) is 2.87. The molecule has 0 unspecified atom stereocenters. The van der Waals surface area contributed by atoms with Crippen LogP contribution in [0.3, 0.4) is 0 Å². The molecule has 0 saturated carbocycles. The summed E-state index contributed by atoms with van der Waals surface area (Å²) in [4.78, 5) is 9.73. The van der Waals surface area contributed by atoms with Crippen molar-refractivity contribution in [1.82, 2.24) is 0 Å². The molecule has 13 heavy (non-hydrogen) atoms. The van der Waals surface area contributed by atoms with E-state index in [1.54, 1.807) is 13.2 Å². The summed E-state index contributed by atoms with van der Waals surface area (Å²) in [6.07, 6.45) is 1.84. The van der Waals surface area contributed by atoms with Gasteiger partial charge in [-0.1, -0.05) is 0 Å². The van der Waals surface area contributed by atoms with Crippen molar-refractivity contribution in [2.24, 2.45) is 0 Å². The van der Waals surface area contributed by atoms with Crippen LogP contribution < -0.4 is 0 Å². The lowest BCUT2D eigenvalue weighted by atomic mass is 10.2. The first-order valence-corrected chi connectivity index (χ1v) is 3.90. The maximum absolute atomic E-state index is 10.1. The van der Waals surface area contributed by atoms with Crippen molar-refractivity contribution in [3.63, 3.8) is 0 Å². The highest BCUT2D eigenvalue weighted by molar-refractivity contribution is 5.16. The highest BCUT2D eigenvalue weighted by Gasteiger charge is 2.08. The van der Waals surface area contributed by atoms with Gasteiger partial charge >= 0.3 is 0 Å². The molecule has 0 aromatic carbocycles. The van der Waals surface area contributed by atoms with Crippen LogP contribution in [0, 0.1) is 10.1 Å². The van der Waals surface area contributed by atoms with Crippen molar-refractivity contribution in [1.29, 1.82) is 0 Å². The Bertz CT molecular complexity index is 281. The number of methoxy groups -OCH3 is 1. The highest BCUT2D eigenvalue weighted by Crippen LogP contribution is 2.12. The van der Waals surface area contributed by atoms with E-state index >= 15 is 0 Å². The van der Waals surface area contributed by atoms with E-state index in [0.29, 0.717) is 18.8 Å². The van der Waals surface area contributed by atoms with Gasteiger partial charge in [0, 0.05) is 17.6 Å². The molecule has 0 atom stereocenters. The van der Waals surface area contributed by atoms with E-state index in [9.17, 15) is 10.1 Å². The topological polar surface area (TPSA) is 65.5 Å². The van der Waals surface area contributed by atoms with Crippen LogP contribution in [0.15, 0.2) is 16.7 Å². The summed E-state index contributed by atoms with van der Waals surface area (Å²) in [7, 11) is 1.57. The van der Waals surface area contributed by atoms with Gasteiger partial charge < -0.3 is 9.15 Å². The van der Waals surface area contributed by atoms with Gasteiger partial charge in [-0.05, 0) is 6.07 Å². The first kappa shape index (κ1) is 9.73. The van der Waals surface area contributed by atoms with E-state index < -0.39 is 0 Å². The molecule has 1 aromatic rings. The number of hydrogen-bond donors (Lipinski definition) is 0. The number of ether oxygens (including phenoxy) is 1. The Balaban J connectivity index is 2.54. The number of nitro groups is 1. The van der Waals surface area contributed by atoms with E-state index in [1.165, 1.54) is 6.26 Å². The zero-order chi connectivity index (χ0) is 9.68. The van der Waals surface area contributed by atoms with Crippen LogP contribution in [0.4, 0.5) is 0 Å². The second-order valence-corrected chi connectivity index (χ2v) is 2.61. The Kier molecular flexibility index (Phi) is 3.45. The molecule has 0 aliphatic carbocycles. The molecule has 0 saturated heterocycles. The largest absolute Gasteiger partial charge is 0.469 e. The summed E-state index contributed by atoms with van der Waals surface area (Å²) >= 11 is 0. The first-order chi connectivity index (χ1) is 6.24. The van der Waals surface area contributed by atoms with Crippen molar-refractivity contribution in [2.45, 2.75) is 13.0 Å². The standard InChI is InChI=1S/C8H11NO4/c1-12-6-7-3-5-13-8(7)2-4-9(10)11/h3,5H,2,4,6H2,1H3. The van der Waals surface area contributed by atoms with Gasteiger partial charge in [0.2, 0.25) is 6.54 Å². The van der Waals surface area contributed by atoms with E-state index in [1.807, 2.05) is 0 Å². The normalized spacial score (nSPS) is 10.2. The quantitative estimate of drug-likeness (QED) is 0.511. The molecule has 0 spiro atoms. The Morgan fingerprint density at radius 1 is 1.69 bits per heavy atom. The second-order valence-electron chi connectivity index (χ2n) is 2.61. The molecule has 0 fully saturated rings. The van der Waals surface area contributed by atoms with Crippen LogP contribution in [0.1, 0.15) is 11.3 Å². The highest BCUT2D eigenvalue weighted by atomic mass is 16.6. The van der Waals surface area contributed by atoms with Gasteiger partial charge in [-0.2, -0.15) is 0 Å². The van der Waals surface area contributed by atoms with Gasteiger partial charge in [-0.15, -0.1) is 0 Å². The average molecular weight is 185 g/mol. The summed E-state index contributed by atoms with van der Waals surface area (Å²) in [6.45, 7) is 0.327. The van der Waals surface area contributed by atoms with Crippen LogP contribution >= 0.6 is 0 Å². The van der Waals surface area contributed by atoms with Crippen LogP contribution in [0.2, 0.25) is 0 Å². The van der Waals surface area contributed by atoms with Crippen LogP contribution in [0.5, 0.6) is 0 Å². The predicted octanol–water partition coefficient (Wildman–Crippen LogP) is 1.25. The molecule has 1 heterocycles. The van der Waals surface area contributed by atoms with Gasteiger partial charge in [0.05, 0.1) is 19.3 Å². The lowest BCUT2D eigenvalue weighted by molar-refractivity contribution is -0.479. The Morgan fingerprint density at radius 2 is 2.46 bits per heavy atom. The van der Waals surface area contributed by atoms with Crippen LogP contribution in [-0.2, 0) is 17.8 Å². The second kappa shape index (κ2) is 4.61. The molecule has 72 valence electrons. The predicted molar refractivity (Wildman–Crippen MR) is 45.0 cm³/mol. The van der Waals surface area contributed by atoms with Gasteiger partial charge in [-0.25, -0.2) is 0 Å². The van der Waals surface area contributed by atoms with Crippen molar-refractivity contribution >= 4 is 0 Å². The number of furan rings is 1. The lowest BCUT2D eigenvalue weighted by Crippen LogP contribution is -2.04. The van der Waals surface area contributed by atoms with E-state index in [2.05, 4.69) is 0 Å². The maximum atomic E-state index is 10.1. The lowest BCUT2D eigenvalue weighted by Gasteiger charge is -1.97. The van der Waals surface area contributed by atoms with Crippen molar-refractivity contribution in [3.8, 4) is 0 Å². The van der Waals surface area contributed by atoms with Crippen molar-refractivity contribution in [3.05, 3.63) is 33.8 Å². The Morgan fingerprint density at radius 3 is 3.08 bits per heavy atom. The molecule has 0 aliphatic rings. The third-order valence-corrected chi connectivity index (χ3v) is 1.66.